The summed E-state index contributed by atoms with van der Waals surface area (Å²) in [5, 5.41) is 2.82. The van der Waals surface area contributed by atoms with Crippen LogP contribution in [0.1, 0.15) is 40.0 Å². The van der Waals surface area contributed by atoms with Crippen molar-refractivity contribution in [1.29, 1.82) is 0 Å². The number of hydrogen-bond donors (Lipinski definition) is 1. The van der Waals surface area contributed by atoms with E-state index < -0.39 is 0 Å². The van der Waals surface area contributed by atoms with Crippen LogP contribution >= 0.6 is 0 Å². The molecule has 0 aromatic heterocycles. The van der Waals surface area contributed by atoms with Gasteiger partial charge in [0.15, 0.2) is 0 Å². The maximum Gasteiger partial charge on any atom is 0.240 e. The lowest BCUT2D eigenvalue weighted by molar-refractivity contribution is -0.123. The van der Waals surface area contributed by atoms with Crippen LogP contribution in [0.3, 0.4) is 0 Å². The fraction of sp³-hybridized carbons (Fsp3) is 0.556. The largest absolute Gasteiger partial charge is 0.372 e. The van der Waals surface area contributed by atoms with E-state index in [2.05, 4.69) is 10.2 Å². The average molecular weight is 317 g/mol. The molecule has 0 unspecified atom stereocenters. The molecule has 126 valence electrons. The van der Waals surface area contributed by atoms with Crippen LogP contribution in [-0.4, -0.2) is 37.5 Å². The predicted molar refractivity (Wildman–Crippen MR) is 93.8 cm³/mol. The quantitative estimate of drug-likeness (QED) is 0.908. The fourth-order valence-electron chi connectivity index (χ4n) is 2.89. The smallest absolute Gasteiger partial charge is 0.240 e. The molecule has 1 aliphatic heterocycles. The molecule has 1 aromatic carbocycles. The van der Waals surface area contributed by atoms with Crippen LogP contribution in [0, 0.1) is 0 Å². The van der Waals surface area contributed by atoms with Gasteiger partial charge in [0.05, 0.1) is 0 Å². The summed E-state index contributed by atoms with van der Waals surface area (Å²) in [6.45, 7) is 7.53. The number of benzene rings is 1. The van der Waals surface area contributed by atoms with Crippen LogP contribution in [0.2, 0.25) is 0 Å². The molecule has 0 radical (unpaired) electrons. The second-order valence-electron chi connectivity index (χ2n) is 6.39. The average Bonchev–Trinajstić information content (AvgIpc) is 2.53. The zero-order valence-electron chi connectivity index (χ0n) is 14.3. The van der Waals surface area contributed by atoms with E-state index in [1.54, 1.807) is 0 Å². The molecular weight excluding hydrogens is 290 g/mol. The summed E-state index contributed by atoms with van der Waals surface area (Å²) in [6.07, 6.45) is 3.77. The van der Waals surface area contributed by atoms with Crippen LogP contribution in [0.15, 0.2) is 24.3 Å². The summed E-state index contributed by atoms with van der Waals surface area (Å²) in [4.78, 5) is 27.7. The SMILES string of the molecule is CC(=O)N(CC(=O)NC(C)C)c1ccc(N2CCCCC2)cc1. The molecule has 1 aliphatic rings. The Morgan fingerprint density at radius 1 is 1.13 bits per heavy atom. The third-order valence-electron chi connectivity index (χ3n) is 4.01. The van der Waals surface area contributed by atoms with E-state index in [0.29, 0.717) is 0 Å². The normalized spacial score (nSPS) is 14.7. The third-order valence-corrected chi connectivity index (χ3v) is 4.01. The number of carbonyl (C=O) groups is 2. The number of nitrogens with zero attached hydrogens (tertiary/aromatic N) is 2. The molecular formula is C18H27N3O2. The Morgan fingerprint density at radius 3 is 2.26 bits per heavy atom. The monoisotopic (exact) mass is 317 g/mol. The van der Waals surface area contributed by atoms with Crippen LogP contribution in [0.5, 0.6) is 0 Å². The highest BCUT2D eigenvalue weighted by Gasteiger charge is 2.17. The van der Waals surface area contributed by atoms with Crippen molar-refractivity contribution in [2.75, 3.05) is 29.4 Å². The maximum atomic E-state index is 11.9. The van der Waals surface area contributed by atoms with Crippen molar-refractivity contribution in [2.45, 2.75) is 46.1 Å². The fourth-order valence-corrected chi connectivity index (χ4v) is 2.89. The van der Waals surface area contributed by atoms with E-state index in [1.165, 1.54) is 36.8 Å². The first-order valence-electron chi connectivity index (χ1n) is 8.40. The highest BCUT2D eigenvalue weighted by molar-refractivity contribution is 5.97. The molecule has 0 spiro atoms. The summed E-state index contributed by atoms with van der Waals surface area (Å²) < 4.78 is 0. The number of anilines is 2. The molecule has 23 heavy (non-hydrogen) atoms. The first-order valence-corrected chi connectivity index (χ1v) is 8.40. The van der Waals surface area contributed by atoms with Gasteiger partial charge in [-0.2, -0.15) is 0 Å². The predicted octanol–water partition coefficient (Wildman–Crippen LogP) is 2.55. The molecule has 1 aromatic rings. The Morgan fingerprint density at radius 2 is 1.74 bits per heavy atom. The van der Waals surface area contributed by atoms with Gasteiger partial charge in [0, 0.05) is 37.4 Å². The Hall–Kier alpha value is -2.04. The van der Waals surface area contributed by atoms with Gasteiger partial charge in [0.2, 0.25) is 11.8 Å². The zero-order chi connectivity index (χ0) is 16.8. The molecule has 1 N–H and O–H groups in total. The summed E-state index contributed by atoms with van der Waals surface area (Å²) in [5.74, 6) is -0.273. The van der Waals surface area contributed by atoms with Gasteiger partial charge in [-0.1, -0.05) is 0 Å². The second kappa shape index (κ2) is 7.99. The van der Waals surface area contributed by atoms with E-state index in [4.69, 9.17) is 0 Å². The van der Waals surface area contributed by atoms with Gasteiger partial charge >= 0.3 is 0 Å². The van der Waals surface area contributed by atoms with E-state index >= 15 is 0 Å². The van der Waals surface area contributed by atoms with Crippen molar-refractivity contribution < 1.29 is 9.59 Å². The second-order valence-corrected chi connectivity index (χ2v) is 6.39. The van der Waals surface area contributed by atoms with Crippen molar-refractivity contribution in [3.63, 3.8) is 0 Å². The van der Waals surface area contributed by atoms with Crippen LogP contribution in [0.4, 0.5) is 11.4 Å². The molecule has 0 bridgehead atoms. The number of rotatable bonds is 5. The maximum absolute atomic E-state index is 11.9. The number of hydrogen-bond acceptors (Lipinski definition) is 3. The topological polar surface area (TPSA) is 52.7 Å². The number of carbonyl (C=O) groups excluding carboxylic acids is 2. The molecule has 0 atom stereocenters. The first-order chi connectivity index (χ1) is 11.0. The lowest BCUT2D eigenvalue weighted by Gasteiger charge is -2.29. The van der Waals surface area contributed by atoms with E-state index in [1.807, 2.05) is 38.1 Å². The molecule has 0 aliphatic carbocycles. The molecule has 2 rings (SSSR count). The summed E-state index contributed by atoms with van der Waals surface area (Å²) in [6, 6.07) is 7.99. The van der Waals surface area contributed by atoms with Gasteiger partial charge in [0.1, 0.15) is 6.54 Å². The zero-order valence-corrected chi connectivity index (χ0v) is 14.3. The minimum atomic E-state index is -0.143. The molecule has 1 fully saturated rings. The minimum absolute atomic E-state index is 0.0522. The lowest BCUT2D eigenvalue weighted by atomic mass is 10.1. The van der Waals surface area contributed by atoms with E-state index in [0.717, 1.165) is 18.8 Å². The van der Waals surface area contributed by atoms with Gasteiger partial charge in [-0.3, -0.25) is 9.59 Å². The van der Waals surface area contributed by atoms with Gasteiger partial charge in [-0.15, -0.1) is 0 Å². The van der Waals surface area contributed by atoms with Gasteiger partial charge < -0.3 is 15.1 Å². The van der Waals surface area contributed by atoms with Crippen molar-refractivity contribution in [3.05, 3.63) is 24.3 Å². The molecule has 5 heteroatoms. The summed E-state index contributed by atoms with van der Waals surface area (Å²) in [7, 11) is 0. The molecule has 1 saturated heterocycles. The Labute approximate surface area is 138 Å². The van der Waals surface area contributed by atoms with E-state index in [-0.39, 0.29) is 24.4 Å². The molecule has 1 heterocycles. The molecule has 5 nitrogen and oxygen atoms in total. The Balaban J connectivity index is 2.07. The third kappa shape index (κ3) is 4.98. The Bertz CT molecular complexity index is 534. The van der Waals surface area contributed by atoms with Crippen LogP contribution < -0.4 is 15.1 Å². The minimum Gasteiger partial charge on any atom is -0.372 e. The van der Waals surface area contributed by atoms with Gasteiger partial charge in [-0.25, -0.2) is 0 Å². The number of nitrogens with one attached hydrogen (secondary N) is 1. The lowest BCUT2D eigenvalue weighted by Crippen LogP contribution is -2.42. The molecule has 0 saturated carbocycles. The standard InChI is InChI=1S/C18H27N3O2/c1-14(2)19-18(23)13-21(15(3)22)17-9-7-16(8-10-17)20-11-5-4-6-12-20/h7-10,14H,4-6,11-13H2,1-3H3,(H,19,23). The van der Waals surface area contributed by atoms with Crippen LogP contribution in [0.25, 0.3) is 0 Å². The Kier molecular flexibility index (Phi) is 6.02. The van der Waals surface area contributed by atoms with Crippen molar-refractivity contribution in [3.8, 4) is 0 Å². The molecule has 2 amide bonds. The number of piperidine rings is 1. The van der Waals surface area contributed by atoms with Crippen molar-refractivity contribution >= 4 is 23.2 Å². The van der Waals surface area contributed by atoms with Gasteiger partial charge in [0.25, 0.3) is 0 Å². The highest BCUT2D eigenvalue weighted by Crippen LogP contribution is 2.23. The van der Waals surface area contributed by atoms with E-state index in [9.17, 15) is 9.59 Å². The van der Waals surface area contributed by atoms with Crippen molar-refractivity contribution in [2.24, 2.45) is 0 Å². The number of amides is 2. The highest BCUT2D eigenvalue weighted by atomic mass is 16.2. The summed E-state index contributed by atoms with van der Waals surface area (Å²) in [5.41, 5.74) is 1.95. The first kappa shape index (κ1) is 17.3. The van der Waals surface area contributed by atoms with Crippen molar-refractivity contribution in [1.82, 2.24) is 5.32 Å². The van der Waals surface area contributed by atoms with Crippen LogP contribution in [-0.2, 0) is 9.59 Å². The van der Waals surface area contributed by atoms with Gasteiger partial charge in [-0.05, 0) is 57.4 Å². The summed E-state index contributed by atoms with van der Waals surface area (Å²) >= 11 is 0.